The van der Waals surface area contributed by atoms with Gasteiger partial charge in [0.15, 0.2) is 0 Å². The summed E-state index contributed by atoms with van der Waals surface area (Å²) in [6.45, 7) is 1.37. The fraction of sp³-hybridized carbons (Fsp3) is 0.227. The van der Waals surface area contributed by atoms with Crippen LogP contribution in [0.15, 0.2) is 53.6 Å². The molecule has 1 amide bonds. The molecule has 140 valence electrons. The van der Waals surface area contributed by atoms with Crippen LogP contribution in [0.5, 0.6) is 5.75 Å². The van der Waals surface area contributed by atoms with E-state index in [4.69, 9.17) is 4.74 Å². The molecule has 0 fully saturated rings. The first-order valence-electron chi connectivity index (χ1n) is 9.04. The van der Waals surface area contributed by atoms with Crippen LogP contribution < -0.4 is 4.74 Å². The molecule has 0 atom stereocenters. The lowest BCUT2D eigenvalue weighted by molar-refractivity contribution is -0.129. The number of benzene rings is 2. The van der Waals surface area contributed by atoms with Crippen molar-refractivity contribution in [3.8, 4) is 11.8 Å². The van der Waals surface area contributed by atoms with E-state index in [0.717, 1.165) is 29.6 Å². The van der Waals surface area contributed by atoms with E-state index in [2.05, 4.69) is 23.2 Å². The number of thioether (sulfide) groups is 1. The Morgan fingerprint density at radius 2 is 2.07 bits per heavy atom. The van der Waals surface area contributed by atoms with Crippen LogP contribution in [-0.4, -0.2) is 35.2 Å². The van der Waals surface area contributed by atoms with Gasteiger partial charge in [0.25, 0.3) is 0 Å². The number of carbonyl (C=O) groups is 1. The molecule has 1 aliphatic rings. The lowest BCUT2D eigenvalue weighted by Gasteiger charge is -2.28. The monoisotopic (exact) mass is 389 g/mol. The van der Waals surface area contributed by atoms with E-state index in [0.29, 0.717) is 17.1 Å². The number of amides is 1. The van der Waals surface area contributed by atoms with Crippen molar-refractivity contribution in [2.45, 2.75) is 18.0 Å². The maximum atomic E-state index is 12.7. The van der Waals surface area contributed by atoms with E-state index in [1.165, 1.54) is 22.9 Å². The smallest absolute Gasteiger partial charge is 0.233 e. The molecule has 5 nitrogen and oxygen atoms in total. The van der Waals surface area contributed by atoms with Crippen molar-refractivity contribution in [1.82, 2.24) is 9.88 Å². The zero-order chi connectivity index (χ0) is 19.5. The zero-order valence-corrected chi connectivity index (χ0v) is 16.3. The Kier molecular flexibility index (Phi) is 5.18. The highest BCUT2D eigenvalue weighted by Crippen LogP contribution is 2.28. The molecule has 0 bridgehead atoms. The second-order valence-corrected chi connectivity index (χ2v) is 7.60. The highest BCUT2D eigenvalue weighted by atomic mass is 32.2. The van der Waals surface area contributed by atoms with Crippen LogP contribution in [0.1, 0.15) is 16.7 Å². The van der Waals surface area contributed by atoms with Crippen molar-refractivity contribution in [2.24, 2.45) is 0 Å². The van der Waals surface area contributed by atoms with Gasteiger partial charge in [0.1, 0.15) is 16.8 Å². The molecule has 6 heteroatoms. The summed E-state index contributed by atoms with van der Waals surface area (Å²) in [4.78, 5) is 19.2. The van der Waals surface area contributed by atoms with Gasteiger partial charge in [-0.15, -0.1) is 0 Å². The third-order valence-corrected chi connectivity index (χ3v) is 5.90. The predicted octanol–water partition coefficient (Wildman–Crippen LogP) is 3.79. The first-order chi connectivity index (χ1) is 13.7. The molecule has 0 N–H and O–H groups in total. The van der Waals surface area contributed by atoms with Gasteiger partial charge in [0.2, 0.25) is 5.91 Å². The summed E-state index contributed by atoms with van der Waals surface area (Å²) in [7, 11) is 1.61. The van der Waals surface area contributed by atoms with Gasteiger partial charge in [-0.25, -0.2) is 4.98 Å². The van der Waals surface area contributed by atoms with E-state index >= 15 is 0 Å². The molecule has 0 unspecified atom stereocenters. The maximum absolute atomic E-state index is 12.7. The van der Waals surface area contributed by atoms with Crippen LogP contribution in [-0.2, 0) is 17.8 Å². The molecular weight excluding hydrogens is 370 g/mol. The molecule has 4 rings (SSSR count). The summed E-state index contributed by atoms with van der Waals surface area (Å²) < 4.78 is 5.23. The van der Waals surface area contributed by atoms with E-state index in [-0.39, 0.29) is 11.7 Å². The number of rotatable bonds is 4. The van der Waals surface area contributed by atoms with E-state index < -0.39 is 0 Å². The molecule has 1 aromatic heterocycles. The minimum Gasteiger partial charge on any atom is -0.497 e. The van der Waals surface area contributed by atoms with Gasteiger partial charge in [-0.05, 0) is 41.8 Å². The zero-order valence-electron chi connectivity index (χ0n) is 15.5. The van der Waals surface area contributed by atoms with Crippen LogP contribution >= 0.6 is 11.8 Å². The van der Waals surface area contributed by atoms with Crippen molar-refractivity contribution in [3.63, 3.8) is 0 Å². The van der Waals surface area contributed by atoms with Gasteiger partial charge in [-0.3, -0.25) is 4.79 Å². The van der Waals surface area contributed by atoms with Gasteiger partial charge in [0.05, 0.1) is 23.9 Å². The SMILES string of the molecule is COc1ccc2nc(SCC(=O)N3CCc4ccccc4C3)c(C#N)cc2c1. The van der Waals surface area contributed by atoms with E-state index in [1.54, 1.807) is 13.2 Å². The Balaban J connectivity index is 1.49. The van der Waals surface area contributed by atoms with Gasteiger partial charge in [-0.1, -0.05) is 36.0 Å². The fourth-order valence-corrected chi connectivity index (χ4v) is 4.25. The third-order valence-electron chi connectivity index (χ3n) is 4.92. The Morgan fingerprint density at radius 3 is 2.86 bits per heavy atom. The number of nitriles is 1. The molecule has 0 spiro atoms. The number of methoxy groups -OCH3 is 1. The summed E-state index contributed by atoms with van der Waals surface area (Å²) in [6.07, 6.45) is 0.881. The minimum atomic E-state index is 0.0695. The third kappa shape index (κ3) is 3.67. The lowest BCUT2D eigenvalue weighted by Crippen LogP contribution is -2.37. The molecule has 0 saturated carbocycles. The first kappa shape index (κ1) is 18.3. The first-order valence-corrected chi connectivity index (χ1v) is 10.0. The standard InChI is InChI=1S/C22H19N3O2S/c1-27-19-6-7-20-17(11-19)10-18(12-23)22(24-20)28-14-21(26)25-9-8-15-4-2-3-5-16(15)13-25/h2-7,10-11H,8-9,13-14H2,1H3. The summed E-state index contributed by atoms with van der Waals surface area (Å²) in [5, 5.41) is 10.9. The average Bonchev–Trinajstić information content (AvgIpc) is 2.75. The topological polar surface area (TPSA) is 66.2 Å². The number of ether oxygens (including phenoxy) is 1. The van der Waals surface area contributed by atoms with Crippen molar-refractivity contribution >= 4 is 28.6 Å². The molecular formula is C22H19N3O2S. The number of hydrogen-bond donors (Lipinski definition) is 0. The molecule has 2 aromatic carbocycles. The number of nitrogens with zero attached hydrogens (tertiary/aromatic N) is 3. The molecule has 0 saturated heterocycles. The van der Waals surface area contributed by atoms with E-state index in [1.807, 2.05) is 35.2 Å². The predicted molar refractivity (Wildman–Crippen MR) is 109 cm³/mol. The number of aromatic nitrogens is 1. The van der Waals surface area contributed by atoms with Crippen molar-refractivity contribution < 1.29 is 9.53 Å². The average molecular weight is 389 g/mol. The summed E-state index contributed by atoms with van der Waals surface area (Å²) in [5.41, 5.74) is 3.78. The fourth-order valence-electron chi connectivity index (χ4n) is 3.38. The van der Waals surface area contributed by atoms with Gasteiger partial charge < -0.3 is 9.64 Å². The van der Waals surface area contributed by atoms with Gasteiger partial charge in [0, 0.05) is 18.5 Å². The summed E-state index contributed by atoms with van der Waals surface area (Å²) in [5.74, 6) is 1.06. The maximum Gasteiger partial charge on any atom is 0.233 e. The van der Waals surface area contributed by atoms with Crippen molar-refractivity contribution in [1.29, 1.82) is 5.26 Å². The second-order valence-electron chi connectivity index (χ2n) is 6.63. The van der Waals surface area contributed by atoms with Gasteiger partial charge >= 0.3 is 0 Å². The lowest BCUT2D eigenvalue weighted by atomic mass is 10.00. The molecule has 0 aliphatic carbocycles. The van der Waals surface area contributed by atoms with Crippen LogP contribution in [0.2, 0.25) is 0 Å². The molecule has 28 heavy (non-hydrogen) atoms. The molecule has 3 aromatic rings. The summed E-state index contributed by atoms with van der Waals surface area (Å²) in [6, 6.07) is 17.8. The number of pyridine rings is 1. The van der Waals surface area contributed by atoms with Crippen LogP contribution in [0.25, 0.3) is 10.9 Å². The largest absolute Gasteiger partial charge is 0.497 e. The highest BCUT2D eigenvalue weighted by Gasteiger charge is 2.21. The Bertz CT molecular complexity index is 1090. The summed E-state index contributed by atoms with van der Waals surface area (Å²) >= 11 is 1.32. The second kappa shape index (κ2) is 7.91. The Morgan fingerprint density at radius 1 is 1.25 bits per heavy atom. The van der Waals surface area contributed by atoms with Crippen molar-refractivity contribution in [3.05, 3.63) is 65.2 Å². The number of carbonyl (C=O) groups excluding carboxylic acids is 1. The van der Waals surface area contributed by atoms with Crippen LogP contribution in [0.4, 0.5) is 0 Å². The van der Waals surface area contributed by atoms with Crippen LogP contribution in [0.3, 0.4) is 0 Å². The minimum absolute atomic E-state index is 0.0695. The Hall–Kier alpha value is -3.04. The number of hydrogen-bond acceptors (Lipinski definition) is 5. The van der Waals surface area contributed by atoms with Crippen LogP contribution in [0, 0.1) is 11.3 Å². The normalized spacial score (nSPS) is 13.1. The molecule has 2 heterocycles. The van der Waals surface area contributed by atoms with Gasteiger partial charge in [-0.2, -0.15) is 5.26 Å². The molecule has 1 aliphatic heterocycles. The number of fused-ring (bicyclic) bond motifs is 2. The highest BCUT2D eigenvalue weighted by molar-refractivity contribution is 8.00. The quantitative estimate of drug-likeness (QED) is 0.635. The van der Waals surface area contributed by atoms with E-state index in [9.17, 15) is 10.1 Å². The molecule has 0 radical (unpaired) electrons. The Labute approximate surface area is 167 Å². The van der Waals surface area contributed by atoms with Crippen molar-refractivity contribution in [2.75, 3.05) is 19.4 Å².